The first kappa shape index (κ1) is 34.4. The van der Waals surface area contributed by atoms with E-state index >= 15 is 0 Å². The number of esters is 1. The van der Waals surface area contributed by atoms with E-state index in [0.717, 1.165) is 49.7 Å². The molecule has 8 nitrogen and oxygen atoms in total. The summed E-state index contributed by atoms with van der Waals surface area (Å²) in [6, 6.07) is 0. The van der Waals surface area contributed by atoms with Crippen LogP contribution in [0.25, 0.3) is 0 Å². The summed E-state index contributed by atoms with van der Waals surface area (Å²) >= 11 is 0. The van der Waals surface area contributed by atoms with E-state index in [2.05, 4.69) is 19.6 Å². The average Bonchev–Trinajstić information content (AvgIpc) is 3.62. The van der Waals surface area contributed by atoms with Crippen molar-refractivity contribution in [3.8, 4) is 0 Å². The Morgan fingerprint density at radius 3 is 2.35 bits per heavy atom. The Morgan fingerprint density at radius 2 is 1.68 bits per heavy atom. The van der Waals surface area contributed by atoms with Gasteiger partial charge in [0, 0.05) is 12.0 Å². The average molecular weight is 565 g/mol. The summed E-state index contributed by atoms with van der Waals surface area (Å²) in [5, 5.41) is 41.4. The molecule has 0 radical (unpaired) electrons. The zero-order valence-corrected chi connectivity index (χ0v) is 25.1. The van der Waals surface area contributed by atoms with Crippen molar-refractivity contribution in [2.24, 2.45) is 17.8 Å². The van der Waals surface area contributed by atoms with Crippen molar-refractivity contribution in [2.45, 2.75) is 129 Å². The maximum absolute atomic E-state index is 12.6. The molecular formula is C32H52O8. The van der Waals surface area contributed by atoms with Crippen molar-refractivity contribution in [3.05, 3.63) is 35.5 Å². The van der Waals surface area contributed by atoms with Gasteiger partial charge in [-0.25, -0.2) is 4.79 Å². The molecule has 0 saturated carbocycles. The summed E-state index contributed by atoms with van der Waals surface area (Å²) in [7, 11) is 0. The minimum atomic E-state index is -1.69. The fourth-order valence-electron chi connectivity index (χ4n) is 5.47. The van der Waals surface area contributed by atoms with Crippen LogP contribution in [-0.2, 0) is 19.1 Å². The van der Waals surface area contributed by atoms with E-state index in [4.69, 9.17) is 9.47 Å². The van der Waals surface area contributed by atoms with Crippen LogP contribution in [-0.4, -0.2) is 75.4 Å². The van der Waals surface area contributed by atoms with Gasteiger partial charge in [0.05, 0.1) is 31.0 Å². The zero-order chi connectivity index (χ0) is 30.0. The van der Waals surface area contributed by atoms with E-state index in [1.807, 2.05) is 19.9 Å². The van der Waals surface area contributed by atoms with Crippen molar-refractivity contribution in [2.75, 3.05) is 6.61 Å². The standard InChI is InChI=1S/C32H52O8/c1-19-12-20(2)14-29-28(40-29)11-9-7-8-10-21(3)32(38)39-26(18-33)16-24(6)30(36)31(37)27(35)17-25(34)15-23(5)22(4)13-19/h10,13,20,23-26,28-31,33-34,36-37H,1,7-9,11-12,14-18H2,2-6H3/b21-10-,22-13-/t20-,23+,24-,25+,26-,28+,29+,30+,31+/m1/s1. The lowest BCUT2D eigenvalue weighted by atomic mass is 9.88. The number of allylic oxidation sites excluding steroid dienone is 4. The summed E-state index contributed by atoms with van der Waals surface area (Å²) in [5.74, 6) is -1.41. The molecule has 0 aromatic heterocycles. The van der Waals surface area contributed by atoms with Crippen molar-refractivity contribution >= 4 is 11.8 Å². The van der Waals surface area contributed by atoms with Gasteiger partial charge in [0.2, 0.25) is 0 Å². The third-order valence-corrected chi connectivity index (χ3v) is 8.27. The number of rotatable bonds is 1. The molecule has 2 aliphatic rings. The summed E-state index contributed by atoms with van der Waals surface area (Å²) < 4.78 is 11.3. The number of hydrogen-bond acceptors (Lipinski definition) is 8. The van der Waals surface area contributed by atoms with E-state index in [1.165, 1.54) is 0 Å². The lowest BCUT2D eigenvalue weighted by Gasteiger charge is -2.27. The molecule has 0 amide bonds. The number of carbonyl (C=O) groups excluding carboxylic acids is 2. The van der Waals surface area contributed by atoms with Crippen LogP contribution in [0.1, 0.15) is 92.4 Å². The minimum Gasteiger partial charge on any atom is -0.457 e. The summed E-state index contributed by atoms with van der Waals surface area (Å²) in [6.45, 7) is 13.2. The zero-order valence-electron chi connectivity index (χ0n) is 25.1. The molecule has 228 valence electrons. The molecule has 2 aliphatic heterocycles. The Bertz CT molecular complexity index is 909. The number of fused-ring (bicyclic) bond motifs is 1. The highest BCUT2D eigenvalue weighted by molar-refractivity contribution is 5.87. The quantitative estimate of drug-likeness (QED) is 0.275. The highest BCUT2D eigenvalue weighted by atomic mass is 16.6. The van der Waals surface area contributed by atoms with E-state index < -0.39 is 48.7 Å². The second-order valence-electron chi connectivity index (χ2n) is 12.3. The van der Waals surface area contributed by atoms with Crippen LogP contribution >= 0.6 is 0 Å². The van der Waals surface area contributed by atoms with Crippen molar-refractivity contribution in [1.29, 1.82) is 0 Å². The Balaban J connectivity index is 2.10. The SMILES string of the molecule is C=C1/C=C(/C)[C@@H](C)C[C@H](O)CC(=O)[C@H](O)[C@@H](O)[C@H](C)C[C@H](CO)OC(=O)/C(C)=C\CCCC[C@@H]2O[C@H]2C[C@H](C)C1. The smallest absolute Gasteiger partial charge is 0.333 e. The molecule has 1 fully saturated rings. The second kappa shape index (κ2) is 16.6. The maximum Gasteiger partial charge on any atom is 0.333 e. The van der Waals surface area contributed by atoms with Crippen LogP contribution in [0.4, 0.5) is 0 Å². The third kappa shape index (κ3) is 11.6. The number of aliphatic hydroxyl groups is 4. The van der Waals surface area contributed by atoms with Crippen LogP contribution in [0.15, 0.2) is 35.5 Å². The van der Waals surface area contributed by atoms with Crippen molar-refractivity contribution < 1.29 is 39.5 Å². The van der Waals surface area contributed by atoms with E-state index in [0.29, 0.717) is 24.0 Å². The van der Waals surface area contributed by atoms with Gasteiger partial charge in [0.15, 0.2) is 5.78 Å². The first-order valence-electron chi connectivity index (χ1n) is 14.9. The monoisotopic (exact) mass is 564 g/mol. The minimum absolute atomic E-state index is 0.00283. The van der Waals surface area contributed by atoms with Crippen LogP contribution in [0.5, 0.6) is 0 Å². The fourth-order valence-corrected chi connectivity index (χ4v) is 5.47. The van der Waals surface area contributed by atoms with E-state index in [9.17, 15) is 30.0 Å². The lowest BCUT2D eigenvalue weighted by molar-refractivity contribution is -0.149. The number of hydrogen-bond donors (Lipinski definition) is 4. The molecule has 2 heterocycles. The van der Waals surface area contributed by atoms with Gasteiger partial charge >= 0.3 is 5.97 Å². The second-order valence-corrected chi connectivity index (χ2v) is 12.3. The molecule has 0 bridgehead atoms. The van der Waals surface area contributed by atoms with Gasteiger partial charge in [-0.3, -0.25) is 4.79 Å². The van der Waals surface area contributed by atoms with Crippen molar-refractivity contribution in [3.63, 3.8) is 0 Å². The number of aliphatic hydroxyl groups excluding tert-OH is 4. The van der Waals surface area contributed by atoms with E-state index in [1.54, 1.807) is 13.8 Å². The first-order chi connectivity index (χ1) is 18.8. The Hall–Kier alpha value is -1.84. The van der Waals surface area contributed by atoms with Gasteiger partial charge in [-0.05, 0) is 76.5 Å². The van der Waals surface area contributed by atoms with Gasteiger partial charge < -0.3 is 29.9 Å². The molecule has 1 saturated heterocycles. The Labute approximate surface area is 240 Å². The molecule has 8 heteroatoms. The summed E-state index contributed by atoms with van der Waals surface area (Å²) in [4.78, 5) is 25.2. The number of cyclic esters (lactones) is 1. The lowest BCUT2D eigenvalue weighted by Crippen LogP contribution is -2.41. The molecule has 2 rings (SSSR count). The Kier molecular flexibility index (Phi) is 14.2. The summed E-state index contributed by atoms with van der Waals surface area (Å²) in [6.07, 6.45) is 5.12. The molecular weight excluding hydrogens is 512 g/mol. The number of ether oxygens (including phenoxy) is 2. The first-order valence-corrected chi connectivity index (χ1v) is 14.9. The van der Waals surface area contributed by atoms with Crippen molar-refractivity contribution in [1.82, 2.24) is 0 Å². The predicted octanol–water partition coefficient (Wildman–Crippen LogP) is 4.19. The molecule has 0 spiro atoms. The van der Waals surface area contributed by atoms with Gasteiger partial charge in [-0.1, -0.05) is 57.1 Å². The largest absolute Gasteiger partial charge is 0.457 e. The molecule has 0 unspecified atom stereocenters. The molecule has 0 aliphatic carbocycles. The number of epoxide rings is 1. The molecule has 0 aromatic rings. The predicted molar refractivity (Wildman–Crippen MR) is 154 cm³/mol. The Morgan fingerprint density at radius 1 is 0.975 bits per heavy atom. The van der Waals surface area contributed by atoms with Gasteiger partial charge in [0.1, 0.15) is 12.2 Å². The number of ketones is 1. The normalized spacial score (nSPS) is 39.7. The highest BCUT2D eigenvalue weighted by Crippen LogP contribution is 2.34. The molecule has 9 atom stereocenters. The van der Waals surface area contributed by atoms with Crippen LogP contribution < -0.4 is 0 Å². The summed E-state index contributed by atoms with van der Waals surface area (Å²) in [5.41, 5.74) is 2.54. The van der Waals surface area contributed by atoms with Gasteiger partial charge in [0.25, 0.3) is 0 Å². The molecule has 40 heavy (non-hydrogen) atoms. The van der Waals surface area contributed by atoms with Crippen LogP contribution in [0, 0.1) is 17.8 Å². The topological polar surface area (TPSA) is 137 Å². The molecule has 0 aromatic carbocycles. The van der Waals surface area contributed by atoms with Gasteiger partial charge in [-0.2, -0.15) is 0 Å². The number of Topliss-reactive ketones (excluding diaryl/α,β-unsaturated/α-hetero) is 1. The third-order valence-electron chi connectivity index (χ3n) is 8.27. The van der Waals surface area contributed by atoms with Gasteiger partial charge in [-0.15, -0.1) is 0 Å². The fraction of sp³-hybridized carbons (Fsp3) is 0.750. The van der Waals surface area contributed by atoms with Crippen LogP contribution in [0.2, 0.25) is 0 Å². The molecule has 4 N–H and O–H groups in total. The maximum atomic E-state index is 12.6. The van der Waals surface area contributed by atoms with E-state index in [-0.39, 0.29) is 24.9 Å². The number of carbonyl (C=O) groups is 2. The highest BCUT2D eigenvalue weighted by Gasteiger charge is 2.38. The van der Waals surface area contributed by atoms with Crippen LogP contribution in [0.3, 0.4) is 0 Å².